The van der Waals surface area contributed by atoms with Crippen molar-refractivity contribution in [2.24, 2.45) is 5.73 Å². The van der Waals surface area contributed by atoms with Crippen molar-refractivity contribution >= 4 is 11.8 Å². The molecule has 0 aromatic heterocycles. The lowest BCUT2D eigenvalue weighted by molar-refractivity contribution is -0.120. The Kier molecular flexibility index (Phi) is 6.92. The number of halogens is 1. The largest absolute Gasteiger partial charge is 0.355 e. The molecule has 1 aromatic rings. The number of carbonyl (C=O) groups is 2. The van der Waals surface area contributed by atoms with Gasteiger partial charge in [0.25, 0.3) is 5.91 Å². The predicted octanol–water partition coefficient (Wildman–Crippen LogP) is 0.392. The van der Waals surface area contributed by atoms with Crippen LogP contribution in [0.4, 0.5) is 4.39 Å². The van der Waals surface area contributed by atoms with Crippen molar-refractivity contribution < 1.29 is 14.0 Å². The third-order valence-electron chi connectivity index (χ3n) is 2.53. The van der Waals surface area contributed by atoms with Crippen molar-refractivity contribution in [3.8, 4) is 11.8 Å². The Balaban J connectivity index is 2.75. The van der Waals surface area contributed by atoms with Crippen LogP contribution in [-0.4, -0.2) is 31.4 Å². The summed E-state index contributed by atoms with van der Waals surface area (Å²) < 4.78 is 13.2. The van der Waals surface area contributed by atoms with Crippen molar-refractivity contribution in [1.82, 2.24) is 10.6 Å². The molecule has 0 aliphatic heterocycles. The van der Waals surface area contributed by atoms with Crippen LogP contribution in [0.3, 0.4) is 0 Å². The maximum Gasteiger partial charge on any atom is 0.252 e. The van der Waals surface area contributed by atoms with Gasteiger partial charge < -0.3 is 16.4 Å². The summed E-state index contributed by atoms with van der Waals surface area (Å²) in [7, 11) is 0. The van der Waals surface area contributed by atoms with Crippen LogP contribution < -0.4 is 16.4 Å². The van der Waals surface area contributed by atoms with E-state index in [1.807, 2.05) is 6.92 Å². The zero-order valence-corrected chi connectivity index (χ0v) is 11.8. The molecule has 0 saturated heterocycles. The average Bonchev–Trinajstić information content (AvgIpc) is 2.48. The van der Waals surface area contributed by atoms with Crippen molar-refractivity contribution in [3.63, 3.8) is 0 Å². The second-order valence-electron chi connectivity index (χ2n) is 4.23. The zero-order valence-electron chi connectivity index (χ0n) is 11.8. The number of nitrogens with one attached hydrogen (secondary N) is 2. The van der Waals surface area contributed by atoms with E-state index in [1.54, 1.807) is 0 Å². The van der Waals surface area contributed by atoms with E-state index in [2.05, 4.69) is 22.5 Å². The molecule has 0 aliphatic rings. The maximum atomic E-state index is 13.2. The van der Waals surface area contributed by atoms with E-state index in [-0.39, 0.29) is 30.1 Å². The lowest BCUT2D eigenvalue weighted by atomic mass is 10.1. The highest BCUT2D eigenvalue weighted by molar-refractivity contribution is 5.98. The number of benzene rings is 1. The molecule has 0 heterocycles. The molecule has 1 rings (SSSR count). The molecule has 21 heavy (non-hydrogen) atoms. The first-order valence-electron chi connectivity index (χ1n) is 6.61. The predicted molar refractivity (Wildman–Crippen MR) is 78.0 cm³/mol. The standard InChI is InChI=1S/C15H18FN3O2/c1-2-8-18-14(20)10-19-15(21)13-6-5-12(16)9-11(13)4-3-7-17/h5-6,9H,2,7-8,10,17H2,1H3,(H,18,20)(H,19,21). The van der Waals surface area contributed by atoms with Gasteiger partial charge in [0.1, 0.15) is 5.82 Å². The number of amides is 2. The molecule has 4 N–H and O–H groups in total. The Morgan fingerprint density at radius 3 is 2.76 bits per heavy atom. The second kappa shape index (κ2) is 8.72. The number of nitrogens with two attached hydrogens (primary N) is 1. The van der Waals surface area contributed by atoms with Crippen LogP contribution in [0.25, 0.3) is 0 Å². The van der Waals surface area contributed by atoms with Gasteiger partial charge in [-0.05, 0) is 24.6 Å². The molecule has 0 saturated carbocycles. The smallest absolute Gasteiger partial charge is 0.252 e. The Morgan fingerprint density at radius 2 is 2.10 bits per heavy atom. The number of hydrogen-bond acceptors (Lipinski definition) is 3. The van der Waals surface area contributed by atoms with Crippen LogP contribution in [0.1, 0.15) is 29.3 Å². The summed E-state index contributed by atoms with van der Waals surface area (Å²) in [5, 5.41) is 5.11. The van der Waals surface area contributed by atoms with Crippen LogP contribution in [0.5, 0.6) is 0 Å². The van der Waals surface area contributed by atoms with E-state index >= 15 is 0 Å². The zero-order chi connectivity index (χ0) is 15.7. The van der Waals surface area contributed by atoms with E-state index in [9.17, 15) is 14.0 Å². The molecular weight excluding hydrogens is 273 g/mol. The number of hydrogen-bond donors (Lipinski definition) is 3. The Hall–Kier alpha value is -2.39. The molecule has 112 valence electrons. The minimum atomic E-state index is -0.492. The molecule has 0 aliphatic carbocycles. The fourth-order valence-corrected chi connectivity index (χ4v) is 1.55. The Labute approximate surface area is 123 Å². The van der Waals surface area contributed by atoms with Gasteiger partial charge >= 0.3 is 0 Å². The van der Waals surface area contributed by atoms with E-state index in [1.165, 1.54) is 12.1 Å². The first-order valence-corrected chi connectivity index (χ1v) is 6.61. The molecular formula is C15H18FN3O2. The molecule has 0 spiro atoms. The van der Waals surface area contributed by atoms with Crippen molar-refractivity contribution in [1.29, 1.82) is 0 Å². The fraction of sp³-hybridized carbons (Fsp3) is 0.333. The number of carbonyl (C=O) groups excluding carboxylic acids is 2. The fourth-order valence-electron chi connectivity index (χ4n) is 1.55. The topological polar surface area (TPSA) is 84.2 Å². The third kappa shape index (κ3) is 5.63. The molecule has 0 radical (unpaired) electrons. The summed E-state index contributed by atoms with van der Waals surface area (Å²) in [4.78, 5) is 23.4. The summed E-state index contributed by atoms with van der Waals surface area (Å²) in [6.45, 7) is 2.45. The lowest BCUT2D eigenvalue weighted by Crippen LogP contribution is -2.37. The maximum absolute atomic E-state index is 13.2. The molecule has 0 bridgehead atoms. The van der Waals surface area contributed by atoms with E-state index in [4.69, 9.17) is 5.73 Å². The lowest BCUT2D eigenvalue weighted by Gasteiger charge is -2.07. The summed E-state index contributed by atoms with van der Waals surface area (Å²) in [6.07, 6.45) is 0.816. The molecule has 0 unspecified atom stereocenters. The first kappa shape index (κ1) is 16.7. The first-order chi connectivity index (χ1) is 10.1. The third-order valence-corrected chi connectivity index (χ3v) is 2.53. The van der Waals surface area contributed by atoms with E-state index < -0.39 is 11.7 Å². The summed E-state index contributed by atoms with van der Waals surface area (Å²) in [5.74, 6) is 3.96. The molecule has 0 atom stereocenters. The van der Waals surface area contributed by atoms with Gasteiger partial charge in [-0.25, -0.2) is 4.39 Å². The minimum Gasteiger partial charge on any atom is -0.355 e. The summed E-state index contributed by atoms with van der Waals surface area (Å²) >= 11 is 0. The van der Waals surface area contributed by atoms with Gasteiger partial charge in [-0.2, -0.15) is 0 Å². The molecule has 5 nitrogen and oxygen atoms in total. The van der Waals surface area contributed by atoms with E-state index in [0.717, 1.165) is 12.5 Å². The van der Waals surface area contributed by atoms with Crippen molar-refractivity contribution in [3.05, 3.63) is 35.1 Å². The molecule has 2 amide bonds. The minimum absolute atomic E-state index is 0.108. The number of rotatable bonds is 5. The van der Waals surface area contributed by atoms with Gasteiger partial charge in [0.05, 0.1) is 18.7 Å². The van der Waals surface area contributed by atoms with Gasteiger partial charge in [-0.15, -0.1) is 0 Å². The Morgan fingerprint density at radius 1 is 1.33 bits per heavy atom. The van der Waals surface area contributed by atoms with Gasteiger partial charge in [-0.1, -0.05) is 18.8 Å². The van der Waals surface area contributed by atoms with Gasteiger partial charge in [0.15, 0.2) is 0 Å². The van der Waals surface area contributed by atoms with Gasteiger partial charge in [0.2, 0.25) is 5.91 Å². The van der Waals surface area contributed by atoms with Gasteiger partial charge in [-0.3, -0.25) is 9.59 Å². The van der Waals surface area contributed by atoms with E-state index in [0.29, 0.717) is 6.54 Å². The normalized spacial score (nSPS) is 9.48. The SMILES string of the molecule is CCCNC(=O)CNC(=O)c1ccc(F)cc1C#CCN. The van der Waals surface area contributed by atoms with Gasteiger partial charge in [0, 0.05) is 12.1 Å². The van der Waals surface area contributed by atoms with Crippen LogP contribution in [0.15, 0.2) is 18.2 Å². The molecule has 6 heteroatoms. The van der Waals surface area contributed by atoms with Crippen LogP contribution in [-0.2, 0) is 4.79 Å². The van der Waals surface area contributed by atoms with Crippen LogP contribution >= 0.6 is 0 Å². The second-order valence-corrected chi connectivity index (χ2v) is 4.23. The average molecular weight is 291 g/mol. The highest BCUT2D eigenvalue weighted by Crippen LogP contribution is 2.10. The highest BCUT2D eigenvalue weighted by Gasteiger charge is 2.12. The summed E-state index contributed by atoms with van der Waals surface area (Å²) in [6, 6.07) is 3.66. The van der Waals surface area contributed by atoms with Crippen molar-refractivity contribution in [2.45, 2.75) is 13.3 Å². The quantitative estimate of drug-likeness (QED) is 0.686. The van der Waals surface area contributed by atoms with Crippen LogP contribution in [0.2, 0.25) is 0 Å². The van der Waals surface area contributed by atoms with Crippen molar-refractivity contribution in [2.75, 3.05) is 19.6 Å². The molecule has 1 aromatic carbocycles. The van der Waals surface area contributed by atoms with Crippen LogP contribution in [0, 0.1) is 17.7 Å². The monoisotopic (exact) mass is 291 g/mol. The summed E-state index contributed by atoms with van der Waals surface area (Å²) in [5.41, 5.74) is 5.72. The Bertz CT molecular complexity index is 576. The highest BCUT2D eigenvalue weighted by atomic mass is 19.1. The molecule has 0 fully saturated rings.